The molecule has 8 nitrogen and oxygen atoms in total. The fourth-order valence-electron chi connectivity index (χ4n) is 3.21. The highest BCUT2D eigenvalue weighted by atomic mass is 32.2. The lowest BCUT2D eigenvalue weighted by Crippen LogP contribution is -2.14. The predicted molar refractivity (Wildman–Crippen MR) is 135 cm³/mol. The van der Waals surface area contributed by atoms with Crippen LogP contribution in [0, 0.1) is 6.92 Å². The molecule has 1 N–H and O–H groups in total. The van der Waals surface area contributed by atoms with Crippen molar-refractivity contribution in [3.63, 3.8) is 0 Å². The molecule has 1 amide bonds. The average molecular weight is 496 g/mol. The van der Waals surface area contributed by atoms with E-state index in [9.17, 15) is 4.79 Å². The average Bonchev–Trinajstić information content (AvgIpc) is 3.44. The van der Waals surface area contributed by atoms with Crippen molar-refractivity contribution in [2.75, 3.05) is 18.2 Å². The number of carbonyl (C=O) groups is 1. The molecule has 10 heteroatoms. The lowest BCUT2D eigenvalue weighted by molar-refractivity contribution is -0.113. The Labute approximate surface area is 206 Å². The predicted octanol–water partition coefficient (Wildman–Crippen LogP) is 5.13. The van der Waals surface area contributed by atoms with Gasteiger partial charge < -0.3 is 19.4 Å². The van der Waals surface area contributed by atoms with Crippen molar-refractivity contribution in [2.45, 2.75) is 25.1 Å². The maximum Gasteiger partial charge on any atom is 0.236 e. The molecule has 0 saturated carbocycles. The van der Waals surface area contributed by atoms with Gasteiger partial charge in [-0.05, 0) is 26.0 Å². The first-order valence-corrected chi connectivity index (χ1v) is 12.4. The lowest BCUT2D eigenvalue weighted by Gasteiger charge is -2.14. The molecule has 0 radical (unpaired) electrons. The van der Waals surface area contributed by atoms with Crippen LogP contribution >= 0.6 is 23.1 Å². The standard InChI is InChI=1S/C24H25N5O3S2/c1-15-8-10-17(11-9-15)20-13-33-23(25-20)26-21(30)14-34-24-28-27-22(29(24)3)16(2)32-19-7-5-6-18(12-19)31-4/h5-13,16H,14H2,1-4H3,(H,25,26,30). The van der Waals surface area contributed by atoms with Crippen LogP contribution in [0.15, 0.2) is 59.1 Å². The molecule has 1 atom stereocenters. The highest BCUT2D eigenvalue weighted by molar-refractivity contribution is 7.99. The number of hydrogen-bond donors (Lipinski definition) is 1. The smallest absolute Gasteiger partial charge is 0.236 e. The number of benzene rings is 2. The summed E-state index contributed by atoms with van der Waals surface area (Å²) in [4.78, 5) is 17.0. The summed E-state index contributed by atoms with van der Waals surface area (Å²) in [6.45, 7) is 3.95. The van der Waals surface area contributed by atoms with E-state index in [1.807, 2.05) is 79.4 Å². The zero-order chi connectivity index (χ0) is 24.1. The second-order valence-electron chi connectivity index (χ2n) is 7.58. The molecule has 0 aliphatic heterocycles. The van der Waals surface area contributed by atoms with E-state index >= 15 is 0 Å². The van der Waals surface area contributed by atoms with Gasteiger partial charge in [-0.3, -0.25) is 4.79 Å². The largest absolute Gasteiger partial charge is 0.497 e. The molecular weight excluding hydrogens is 470 g/mol. The number of aromatic nitrogens is 4. The number of thiazole rings is 1. The molecule has 1 unspecified atom stereocenters. The van der Waals surface area contributed by atoms with Crippen LogP contribution in [0.25, 0.3) is 11.3 Å². The molecule has 0 aliphatic rings. The number of methoxy groups -OCH3 is 1. The number of nitrogens with zero attached hydrogens (tertiary/aromatic N) is 4. The van der Waals surface area contributed by atoms with E-state index in [1.165, 1.54) is 28.7 Å². The molecule has 2 aromatic heterocycles. The minimum absolute atomic E-state index is 0.153. The Bertz CT molecular complexity index is 1270. The van der Waals surface area contributed by atoms with Gasteiger partial charge in [-0.15, -0.1) is 21.5 Å². The number of carbonyl (C=O) groups excluding carboxylic acids is 1. The van der Waals surface area contributed by atoms with Crippen molar-refractivity contribution in [1.29, 1.82) is 0 Å². The fraction of sp³-hybridized carbons (Fsp3) is 0.250. The van der Waals surface area contributed by atoms with Crippen molar-refractivity contribution in [2.24, 2.45) is 7.05 Å². The molecule has 0 bridgehead atoms. The molecule has 0 aliphatic carbocycles. The third kappa shape index (κ3) is 5.75. The van der Waals surface area contributed by atoms with E-state index in [2.05, 4.69) is 20.5 Å². The summed E-state index contributed by atoms with van der Waals surface area (Å²) in [6, 6.07) is 15.5. The molecule has 0 spiro atoms. The normalized spacial score (nSPS) is 11.8. The summed E-state index contributed by atoms with van der Waals surface area (Å²) in [5, 5.41) is 14.5. The van der Waals surface area contributed by atoms with Crippen molar-refractivity contribution in [1.82, 2.24) is 19.7 Å². The van der Waals surface area contributed by atoms with Crippen LogP contribution in [0.3, 0.4) is 0 Å². The minimum Gasteiger partial charge on any atom is -0.497 e. The van der Waals surface area contributed by atoms with Gasteiger partial charge in [-0.25, -0.2) is 4.98 Å². The van der Waals surface area contributed by atoms with Crippen molar-refractivity contribution < 1.29 is 14.3 Å². The summed E-state index contributed by atoms with van der Waals surface area (Å²) in [5.74, 6) is 2.10. The van der Waals surface area contributed by atoms with E-state index in [4.69, 9.17) is 9.47 Å². The maximum absolute atomic E-state index is 12.5. The second kappa shape index (κ2) is 10.7. The Balaban J connectivity index is 1.32. The van der Waals surface area contributed by atoms with Gasteiger partial charge in [0.05, 0.1) is 18.6 Å². The quantitative estimate of drug-likeness (QED) is 0.322. The number of anilines is 1. The Hall–Kier alpha value is -3.37. The summed E-state index contributed by atoms with van der Waals surface area (Å²) >= 11 is 2.71. The number of hydrogen-bond acceptors (Lipinski definition) is 8. The molecule has 4 rings (SSSR count). The first-order valence-electron chi connectivity index (χ1n) is 10.6. The lowest BCUT2D eigenvalue weighted by atomic mass is 10.1. The molecule has 2 heterocycles. The first kappa shape index (κ1) is 23.8. The third-order valence-corrected chi connectivity index (χ3v) is 6.79. The number of nitrogens with one attached hydrogen (secondary N) is 1. The van der Waals surface area contributed by atoms with E-state index < -0.39 is 0 Å². The Morgan fingerprint density at radius 1 is 1.18 bits per heavy atom. The highest BCUT2D eigenvalue weighted by Crippen LogP contribution is 2.27. The SMILES string of the molecule is COc1cccc(OC(C)c2nnc(SCC(=O)Nc3nc(-c4ccc(C)cc4)cs3)n2C)c1. The van der Waals surface area contributed by atoms with Crippen LogP contribution in [-0.4, -0.2) is 38.5 Å². The van der Waals surface area contributed by atoms with Crippen molar-refractivity contribution >= 4 is 34.1 Å². The van der Waals surface area contributed by atoms with Gasteiger partial charge in [0, 0.05) is 24.1 Å². The van der Waals surface area contributed by atoms with Crippen LogP contribution in [0.4, 0.5) is 5.13 Å². The summed E-state index contributed by atoms with van der Waals surface area (Å²) in [6.07, 6.45) is -0.330. The molecule has 176 valence electrons. The topological polar surface area (TPSA) is 91.2 Å². The van der Waals surface area contributed by atoms with E-state index in [0.29, 0.717) is 21.9 Å². The van der Waals surface area contributed by atoms with Crippen LogP contribution in [0.1, 0.15) is 24.4 Å². The minimum atomic E-state index is -0.330. The van der Waals surface area contributed by atoms with Crippen molar-refractivity contribution in [3.05, 3.63) is 65.3 Å². The molecule has 34 heavy (non-hydrogen) atoms. The van der Waals surface area contributed by atoms with Crippen LogP contribution in [-0.2, 0) is 11.8 Å². The number of aryl methyl sites for hydroxylation is 1. The molecular formula is C24H25N5O3S2. The summed E-state index contributed by atoms with van der Waals surface area (Å²) < 4.78 is 13.1. The zero-order valence-electron chi connectivity index (χ0n) is 19.3. The van der Waals surface area contributed by atoms with Crippen molar-refractivity contribution in [3.8, 4) is 22.8 Å². The number of ether oxygens (including phenoxy) is 2. The number of thioether (sulfide) groups is 1. The number of amides is 1. The van der Waals surface area contributed by atoms with Gasteiger partial charge in [0.2, 0.25) is 5.91 Å². The van der Waals surface area contributed by atoms with Crippen LogP contribution < -0.4 is 14.8 Å². The van der Waals surface area contributed by atoms with E-state index in [0.717, 1.165) is 17.0 Å². The van der Waals surface area contributed by atoms with Gasteiger partial charge in [-0.1, -0.05) is 47.7 Å². The van der Waals surface area contributed by atoms with Crippen LogP contribution in [0.5, 0.6) is 11.5 Å². The van der Waals surface area contributed by atoms with Crippen LogP contribution in [0.2, 0.25) is 0 Å². The van der Waals surface area contributed by atoms with Gasteiger partial charge in [0.15, 0.2) is 22.2 Å². The number of rotatable bonds is 9. The molecule has 0 fully saturated rings. The Morgan fingerprint density at radius 3 is 2.71 bits per heavy atom. The van der Waals surface area contributed by atoms with Gasteiger partial charge in [-0.2, -0.15) is 0 Å². The molecule has 2 aromatic carbocycles. The zero-order valence-corrected chi connectivity index (χ0v) is 20.9. The Morgan fingerprint density at radius 2 is 1.94 bits per heavy atom. The summed E-state index contributed by atoms with van der Waals surface area (Å²) in [7, 11) is 3.47. The Kier molecular flexibility index (Phi) is 7.49. The van der Waals surface area contributed by atoms with E-state index in [-0.39, 0.29) is 17.8 Å². The fourth-order valence-corrected chi connectivity index (χ4v) is 4.66. The van der Waals surface area contributed by atoms with Gasteiger partial charge in [0.1, 0.15) is 11.5 Å². The van der Waals surface area contributed by atoms with E-state index in [1.54, 1.807) is 7.11 Å². The van der Waals surface area contributed by atoms with Gasteiger partial charge >= 0.3 is 0 Å². The summed E-state index contributed by atoms with van der Waals surface area (Å²) in [5.41, 5.74) is 3.06. The highest BCUT2D eigenvalue weighted by Gasteiger charge is 2.18. The molecule has 0 saturated heterocycles. The first-order chi connectivity index (χ1) is 16.4. The third-order valence-electron chi connectivity index (χ3n) is 5.02. The van der Waals surface area contributed by atoms with Gasteiger partial charge in [0.25, 0.3) is 0 Å². The second-order valence-corrected chi connectivity index (χ2v) is 9.38. The maximum atomic E-state index is 12.5. The monoisotopic (exact) mass is 495 g/mol. The molecule has 4 aromatic rings.